The van der Waals surface area contributed by atoms with Gasteiger partial charge < -0.3 is 5.32 Å². The van der Waals surface area contributed by atoms with Crippen LogP contribution in [0.1, 0.15) is 18.9 Å². The van der Waals surface area contributed by atoms with Crippen LogP contribution < -0.4 is 10.8 Å². The van der Waals surface area contributed by atoms with Gasteiger partial charge in [-0.15, -0.1) is 0 Å². The number of hydrogen-bond donors (Lipinski definition) is 3. The van der Waals surface area contributed by atoms with E-state index in [1.165, 1.54) is 0 Å². The summed E-state index contributed by atoms with van der Waals surface area (Å²) in [6.07, 6.45) is 0.930. The lowest BCUT2D eigenvalue weighted by molar-refractivity contribution is 0.234. The molecule has 0 amide bonds. The number of benzene rings is 1. The van der Waals surface area contributed by atoms with Gasteiger partial charge in [0.2, 0.25) is 0 Å². The predicted octanol–water partition coefficient (Wildman–Crippen LogP) is 1.57. The van der Waals surface area contributed by atoms with Crippen LogP contribution in [-0.4, -0.2) is 17.2 Å². The third-order valence-electron chi connectivity index (χ3n) is 2.28. The number of aliphatic imine (C=N–C) groups is 1. The predicted molar refractivity (Wildman–Crippen MR) is 55.6 cm³/mol. The number of rotatable bonds is 1. The summed E-state index contributed by atoms with van der Waals surface area (Å²) >= 11 is 0. The van der Waals surface area contributed by atoms with Crippen LogP contribution in [0.15, 0.2) is 29.3 Å². The maximum atomic E-state index is 8.94. The van der Waals surface area contributed by atoms with Crippen molar-refractivity contribution in [2.75, 3.05) is 5.32 Å². The van der Waals surface area contributed by atoms with Crippen molar-refractivity contribution in [1.29, 1.82) is 0 Å². The first-order valence-corrected chi connectivity index (χ1v) is 4.69. The summed E-state index contributed by atoms with van der Waals surface area (Å²) in [5, 5.41) is 12.2. The van der Waals surface area contributed by atoms with Crippen LogP contribution >= 0.6 is 0 Å². The molecule has 0 fully saturated rings. The summed E-state index contributed by atoms with van der Waals surface area (Å²) < 4.78 is 0. The van der Waals surface area contributed by atoms with Crippen molar-refractivity contribution in [2.24, 2.45) is 4.99 Å². The number of hydroxylamine groups is 1. The van der Waals surface area contributed by atoms with E-state index in [0.29, 0.717) is 5.84 Å². The van der Waals surface area contributed by atoms with Gasteiger partial charge in [-0.25, -0.2) is 4.99 Å². The van der Waals surface area contributed by atoms with Gasteiger partial charge in [0, 0.05) is 11.3 Å². The molecule has 1 aliphatic heterocycles. The largest absolute Gasteiger partial charge is 0.363 e. The molecule has 3 N–H and O–H groups in total. The second-order valence-electron chi connectivity index (χ2n) is 3.20. The highest BCUT2D eigenvalue weighted by Gasteiger charge is 2.17. The zero-order chi connectivity index (χ0) is 9.97. The monoisotopic (exact) mass is 191 g/mol. The number of hydrogen-bond acceptors (Lipinski definition) is 4. The number of anilines is 1. The van der Waals surface area contributed by atoms with Crippen molar-refractivity contribution in [3.8, 4) is 0 Å². The molecule has 1 heterocycles. The van der Waals surface area contributed by atoms with E-state index in [1.54, 1.807) is 0 Å². The Morgan fingerprint density at radius 3 is 3.00 bits per heavy atom. The Bertz CT molecular complexity index is 362. The normalized spacial score (nSPS) is 19.3. The third-order valence-corrected chi connectivity index (χ3v) is 2.28. The van der Waals surface area contributed by atoms with Gasteiger partial charge >= 0.3 is 0 Å². The summed E-state index contributed by atoms with van der Waals surface area (Å²) in [7, 11) is 0. The van der Waals surface area contributed by atoms with E-state index in [4.69, 9.17) is 5.21 Å². The molecule has 2 rings (SSSR count). The van der Waals surface area contributed by atoms with Crippen molar-refractivity contribution in [3.63, 3.8) is 0 Å². The van der Waals surface area contributed by atoms with Crippen molar-refractivity contribution in [3.05, 3.63) is 29.8 Å². The Hall–Kier alpha value is -1.55. The van der Waals surface area contributed by atoms with Crippen molar-refractivity contribution in [2.45, 2.75) is 19.5 Å². The lowest BCUT2D eigenvalue weighted by Gasteiger charge is -2.23. The van der Waals surface area contributed by atoms with Crippen molar-refractivity contribution >= 4 is 11.5 Å². The minimum atomic E-state index is 0.0413. The summed E-state index contributed by atoms with van der Waals surface area (Å²) in [6, 6.07) is 7.76. The first-order chi connectivity index (χ1) is 6.85. The number of amidine groups is 1. The molecular formula is C10H13N3O. The molecule has 1 unspecified atom stereocenters. The number of fused-ring (bicyclic) bond motifs is 1. The quantitative estimate of drug-likeness (QED) is 0.590. The van der Waals surface area contributed by atoms with Gasteiger partial charge in [0.25, 0.3) is 0 Å². The minimum Gasteiger partial charge on any atom is -0.363 e. The molecular weight excluding hydrogens is 178 g/mol. The van der Waals surface area contributed by atoms with Crippen LogP contribution in [0.4, 0.5) is 5.69 Å². The molecule has 0 saturated heterocycles. The number of nitrogens with zero attached hydrogens (tertiary/aromatic N) is 1. The van der Waals surface area contributed by atoms with Gasteiger partial charge in [0.15, 0.2) is 5.84 Å². The Morgan fingerprint density at radius 1 is 1.50 bits per heavy atom. The van der Waals surface area contributed by atoms with Crippen LogP contribution in [0.5, 0.6) is 0 Å². The first-order valence-electron chi connectivity index (χ1n) is 4.69. The average molecular weight is 191 g/mol. The molecule has 0 saturated carbocycles. The zero-order valence-corrected chi connectivity index (χ0v) is 7.99. The van der Waals surface area contributed by atoms with Crippen LogP contribution in [0.25, 0.3) is 0 Å². The fourth-order valence-electron chi connectivity index (χ4n) is 1.54. The topological polar surface area (TPSA) is 56.7 Å². The molecule has 0 spiro atoms. The first kappa shape index (κ1) is 9.02. The number of nitrogens with one attached hydrogen (secondary N) is 2. The van der Waals surface area contributed by atoms with Crippen LogP contribution in [0.2, 0.25) is 0 Å². The average Bonchev–Trinajstić information content (AvgIpc) is 2.27. The Labute approximate surface area is 82.6 Å². The molecule has 0 radical (unpaired) electrons. The molecule has 1 aliphatic rings. The van der Waals surface area contributed by atoms with E-state index in [1.807, 2.05) is 31.2 Å². The van der Waals surface area contributed by atoms with E-state index < -0.39 is 0 Å². The van der Waals surface area contributed by atoms with Crippen LogP contribution in [0.3, 0.4) is 0 Å². The highest BCUT2D eigenvalue weighted by molar-refractivity contribution is 6.04. The summed E-state index contributed by atoms with van der Waals surface area (Å²) in [5.74, 6) is 0.534. The lowest BCUT2D eigenvalue weighted by Crippen LogP contribution is -2.31. The third kappa shape index (κ3) is 1.44. The molecule has 4 nitrogen and oxygen atoms in total. The van der Waals surface area contributed by atoms with Gasteiger partial charge in [0.05, 0.1) is 0 Å². The van der Waals surface area contributed by atoms with E-state index >= 15 is 0 Å². The highest BCUT2D eigenvalue weighted by Crippen LogP contribution is 2.21. The molecule has 4 heteroatoms. The zero-order valence-electron chi connectivity index (χ0n) is 7.99. The summed E-state index contributed by atoms with van der Waals surface area (Å²) in [5.41, 5.74) is 4.04. The van der Waals surface area contributed by atoms with E-state index in [-0.39, 0.29) is 6.17 Å². The van der Waals surface area contributed by atoms with Gasteiger partial charge in [-0.2, -0.15) is 0 Å². The number of para-hydroxylation sites is 1. The van der Waals surface area contributed by atoms with Gasteiger partial charge in [-0.05, 0) is 18.6 Å². The van der Waals surface area contributed by atoms with E-state index in [2.05, 4.69) is 15.8 Å². The minimum absolute atomic E-state index is 0.0413. The molecule has 0 aromatic heterocycles. The van der Waals surface area contributed by atoms with E-state index in [0.717, 1.165) is 17.7 Å². The Balaban J connectivity index is 2.42. The maximum Gasteiger partial charge on any atom is 0.156 e. The van der Waals surface area contributed by atoms with Gasteiger partial charge in [0.1, 0.15) is 6.17 Å². The van der Waals surface area contributed by atoms with Gasteiger partial charge in [-0.1, -0.05) is 19.1 Å². The molecule has 74 valence electrons. The Morgan fingerprint density at radius 2 is 2.29 bits per heavy atom. The summed E-state index contributed by atoms with van der Waals surface area (Å²) in [4.78, 5) is 4.30. The SMILES string of the molecule is CCC1N=C(NO)c2ccccc2N1. The van der Waals surface area contributed by atoms with Crippen molar-refractivity contribution < 1.29 is 5.21 Å². The van der Waals surface area contributed by atoms with Gasteiger partial charge in [-0.3, -0.25) is 10.7 Å². The second-order valence-corrected chi connectivity index (χ2v) is 3.20. The van der Waals surface area contributed by atoms with Crippen LogP contribution in [-0.2, 0) is 0 Å². The van der Waals surface area contributed by atoms with Crippen molar-refractivity contribution in [1.82, 2.24) is 5.48 Å². The molecule has 0 aliphatic carbocycles. The standard InChI is InChI=1S/C10H13N3O/c1-2-9-11-8-6-4-3-5-7(8)10(12-9)13-14/h3-6,9,11,14H,2H2,1H3,(H,12,13). The highest BCUT2D eigenvalue weighted by atomic mass is 16.5. The fraction of sp³-hybridized carbons (Fsp3) is 0.300. The molecule has 1 aromatic rings. The fourth-order valence-corrected chi connectivity index (χ4v) is 1.54. The second kappa shape index (κ2) is 3.67. The Kier molecular flexibility index (Phi) is 2.37. The smallest absolute Gasteiger partial charge is 0.156 e. The maximum absolute atomic E-state index is 8.94. The van der Waals surface area contributed by atoms with Crippen LogP contribution in [0, 0.1) is 0 Å². The molecule has 1 atom stereocenters. The molecule has 1 aromatic carbocycles. The molecule has 0 bridgehead atoms. The summed E-state index contributed by atoms with van der Waals surface area (Å²) in [6.45, 7) is 2.05. The molecule has 14 heavy (non-hydrogen) atoms. The van der Waals surface area contributed by atoms with E-state index in [9.17, 15) is 0 Å². The lowest BCUT2D eigenvalue weighted by atomic mass is 10.1.